The smallest absolute Gasteiger partial charge is 0.256 e. The molecule has 1 amide bonds. The highest BCUT2D eigenvalue weighted by molar-refractivity contribution is 5.82. The van der Waals surface area contributed by atoms with Gasteiger partial charge in [-0.2, -0.15) is 0 Å². The van der Waals surface area contributed by atoms with Gasteiger partial charge in [0.05, 0.1) is 0 Å². The number of carbonyl (C=O) groups excluding carboxylic acids is 1. The molecule has 0 bridgehead atoms. The molecule has 1 aliphatic heterocycles. The number of hydrogen-bond donors (Lipinski definition) is 1. The number of hydrogen-bond acceptors (Lipinski definition) is 3. The Bertz CT molecular complexity index is 457. The number of likely N-dealkylation sites (N-methyl/N-ethyl adjacent to an activating group) is 1. The van der Waals surface area contributed by atoms with E-state index in [1.54, 1.807) is 4.90 Å². The summed E-state index contributed by atoms with van der Waals surface area (Å²) in [6, 6.07) is 5.39. The van der Waals surface area contributed by atoms with E-state index in [4.69, 9.17) is 4.74 Å². The first kappa shape index (κ1) is 15.9. The molecule has 1 aliphatic rings. The second kappa shape index (κ2) is 7.52. The fourth-order valence-corrected chi connectivity index (χ4v) is 2.58. The van der Waals surface area contributed by atoms with Crippen LogP contribution in [0.3, 0.4) is 0 Å². The summed E-state index contributed by atoms with van der Waals surface area (Å²) in [5.74, 6) is -0.286. The third kappa shape index (κ3) is 4.25. The predicted octanol–water partition coefficient (Wildman–Crippen LogP) is 2.13. The van der Waals surface area contributed by atoms with Crippen LogP contribution in [0.4, 0.5) is 4.39 Å². The molecule has 1 saturated heterocycles. The molecule has 2 rings (SSSR count). The van der Waals surface area contributed by atoms with Crippen LogP contribution in [0, 0.1) is 11.7 Å². The number of aliphatic hydroxyl groups excluding tert-OH is 1. The summed E-state index contributed by atoms with van der Waals surface area (Å²) in [4.78, 5) is 14.1. The van der Waals surface area contributed by atoms with Gasteiger partial charge in [0.1, 0.15) is 5.82 Å². The SMILES string of the molecule is CCN(CC1CCOCC1)C(=O)[C@@H](O)c1ccc(F)cc1. The molecular formula is C16H22FNO3. The van der Waals surface area contributed by atoms with Crippen molar-refractivity contribution >= 4 is 5.91 Å². The van der Waals surface area contributed by atoms with Crippen molar-refractivity contribution in [2.45, 2.75) is 25.9 Å². The van der Waals surface area contributed by atoms with Gasteiger partial charge in [-0.15, -0.1) is 0 Å². The highest BCUT2D eigenvalue weighted by Crippen LogP contribution is 2.20. The van der Waals surface area contributed by atoms with Crippen LogP contribution in [-0.4, -0.2) is 42.2 Å². The Morgan fingerprint density at radius 3 is 2.57 bits per heavy atom. The Morgan fingerprint density at radius 2 is 2.00 bits per heavy atom. The molecule has 1 heterocycles. The zero-order valence-corrected chi connectivity index (χ0v) is 12.3. The van der Waals surface area contributed by atoms with E-state index in [0.717, 1.165) is 26.1 Å². The fraction of sp³-hybridized carbons (Fsp3) is 0.562. The van der Waals surface area contributed by atoms with E-state index in [1.165, 1.54) is 24.3 Å². The summed E-state index contributed by atoms with van der Waals surface area (Å²) in [5.41, 5.74) is 0.423. The quantitative estimate of drug-likeness (QED) is 0.905. The van der Waals surface area contributed by atoms with Crippen LogP contribution in [0.25, 0.3) is 0 Å². The van der Waals surface area contributed by atoms with Crippen LogP contribution in [0.1, 0.15) is 31.4 Å². The average Bonchev–Trinajstić information content (AvgIpc) is 2.53. The maximum Gasteiger partial charge on any atom is 0.256 e. The lowest BCUT2D eigenvalue weighted by Gasteiger charge is -2.30. The molecule has 116 valence electrons. The molecule has 0 aliphatic carbocycles. The zero-order chi connectivity index (χ0) is 15.2. The van der Waals surface area contributed by atoms with Gasteiger partial charge in [-0.3, -0.25) is 4.79 Å². The van der Waals surface area contributed by atoms with Gasteiger partial charge in [0.15, 0.2) is 6.10 Å². The predicted molar refractivity (Wildman–Crippen MR) is 77.2 cm³/mol. The Hall–Kier alpha value is -1.46. The average molecular weight is 295 g/mol. The van der Waals surface area contributed by atoms with E-state index in [0.29, 0.717) is 24.6 Å². The van der Waals surface area contributed by atoms with Crippen LogP contribution >= 0.6 is 0 Å². The zero-order valence-electron chi connectivity index (χ0n) is 12.3. The van der Waals surface area contributed by atoms with Gasteiger partial charge in [0, 0.05) is 26.3 Å². The molecule has 1 aromatic rings. The summed E-state index contributed by atoms with van der Waals surface area (Å²) in [6.07, 6.45) is 0.651. The second-order valence-electron chi connectivity index (χ2n) is 5.39. The number of ether oxygens (including phenoxy) is 1. The second-order valence-corrected chi connectivity index (χ2v) is 5.39. The van der Waals surface area contributed by atoms with Crippen molar-refractivity contribution in [3.63, 3.8) is 0 Å². The highest BCUT2D eigenvalue weighted by atomic mass is 19.1. The van der Waals surface area contributed by atoms with Crippen LogP contribution < -0.4 is 0 Å². The van der Waals surface area contributed by atoms with Crippen LogP contribution in [0.2, 0.25) is 0 Å². The Kier molecular flexibility index (Phi) is 5.70. The monoisotopic (exact) mass is 295 g/mol. The molecule has 21 heavy (non-hydrogen) atoms. The molecule has 0 radical (unpaired) electrons. The summed E-state index contributed by atoms with van der Waals surface area (Å²) < 4.78 is 18.2. The van der Waals surface area contributed by atoms with E-state index in [2.05, 4.69) is 0 Å². The topological polar surface area (TPSA) is 49.8 Å². The molecule has 1 atom stereocenters. The third-order valence-corrected chi connectivity index (χ3v) is 3.93. The van der Waals surface area contributed by atoms with Crippen molar-refractivity contribution in [3.05, 3.63) is 35.6 Å². The lowest BCUT2D eigenvalue weighted by Crippen LogP contribution is -2.39. The fourth-order valence-electron chi connectivity index (χ4n) is 2.58. The number of rotatable bonds is 5. The Balaban J connectivity index is 1.99. The van der Waals surface area contributed by atoms with E-state index in [1.807, 2.05) is 6.92 Å². The Morgan fingerprint density at radius 1 is 1.38 bits per heavy atom. The van der Waals surface area contributed by atoms with Gasteiger partial charge in [-0.1, -0.05) is 12.1 Å². The van der Waals surface area contributed by atoms with Crippen LogP contribution in [0.5, 0.6) is 0 Å². The molecule has 5 heteroatoms. The largest absolute Gasteiger partial charge is 0.381 e. The number of amides is 1. The van der Waals surface area contributed by atoms with E-state index >= 15 is 0 Å². The van der Waals surface area contributed by atoms with Crippen molar-refractivity contribution in [1.29, 1.82) is 0 Å². The number of halogens is 1. The van der Waals surface area contributed by atoms with Gasteiger partial charge in [0.25, 0.3) is 5.91 Å². The van der Waals surface area contributed by atoms with Gasteiger partial charge >= 0.3 is 0 Å². The number of aliphatic hydroxyl groups is 1. The lowest BCUT2D eigenvalue weighted by molar-refractivity contribution is -0.141. The van der Waals surface area contributed by atoms with E-state index < -0.39 is 6.10 Å². The van der Waals surface area contributed by atoms with E-state index in [-0.39, 0.29) is 11.7 Å². The van der Waals surface area contributed by atoms with Crippen molar-refractivity contribution in [2.75, 3.05) is 26.3 Å². The number of carbonyl (C=O) groups is 1. The minimum atomic E-state index is -1.23. The molecule has 0 spiro atoms. The van der Waals surface area contributed by atoms with Crippen LogP contribution in [-0.2, 0) is 9.53 Å². The van der Waals surface area contributed by atoms with Gasteiger partial charge in [0.2, 0.25) is 0 Å². The Labute approximate surface area is 124 Å². The van der Waals surface area contributed by atoms with Crippen molar-refractivity contribution in [2.24, 2.45) is 5.92 Å². The third-order valence-electron chi connectivity index (χ3n) is 3.93. The van der Waals surface area contributed by atoms with Crippen molar-refractivity contribution < 1.29 is 19.0 Å². The lowest BCUT2D eigenvalue weighted by atomic mass is 9.99. The summed E-state index contributed by atoms with van der Waals surface area (Å²) in [7, 11) is 0. The summed E-state index contributed by atoms with van der Waals surface area (Å²) in [5, 5.41) is 10.2. The molecular weight excluding hydrogens is 273 g/mol. The van der Waals surface area contributed by atoms with E-state index in [9.17, 15) is 14.3 Å². The summed E-state index contributed by atoms with van der Waals surface area (Å²) in [6.45, 7) is 4.55. The van der Waals surface area contributed by atoms with Crippen molar-refractivity contribution in [3.8, 4) is 0 Å². The molecule has 0 saturated carbocycles. The number of nitrogens with zero attached hydrogens (tertiary/aromatic N) is 1. The minimum Gasteiger partial charge on any atom is -0.381 e. The molecule has 0 unspecified atom stereocenters. The molecule has 1 N–H and O–H groups in total. The maximum atomic E-state index is 12.9. The first-order valence-electron chi connectivity index (χ1n) is 7.42. The minimum absolute atomic E-state index is 0.324. The standard InChI is InChI=1S/C16H22FNO3/c1-2-18(11-12-7-9-21-10-8-12)16(20)15(19)13-3-5-14(17)6-4-13/h3-6,12,15,19H,2,7-11H2,1H3/t15-/m0/s1. The maximum absolute atomic E-state index is 12.9. The first-order chi connectivity index (χ1) is 10.1. The summed E-state index contributed by atoms with van der Waals surface area (Å²) >= 11 is 0. The van der Waals surface area contributed by atoms with Gasteiger partial charge in [-0.25, -0.2) is 4.39 Å². The highest BCUT2D eigenvalue weighted by Gasteiger charge is 2.25. The normalized spacial score (nSPS) is 17.5. The molecule has 4 nitrogen and oxygen atoms in total. The molecule has 1 fully saturated rings. The van der Waals surface area contributed by atoms with Crippen molar-refractivity contribution in [1.82, 2.24) is 4.90 Å². The van der Waals surface area contributed by atoms with Gasteiger partial charge < -0.3 is 14.7 Å². The first-order valence-corrected chi connectivity index (χ1v) is 7.42. The van der Waals surface area contributed by atoms with Gasteiger partial charge in [-0.05, 0) is 43.4 Å². The molecule has 0 aromatic heterocycles. The number of benzene rings is 1. The molecule has 1 aromatic carbocycles. The van der Waals surface area contributed by atoms with Crippen LogP contribution in [0.15, 0.2) is 24.3 Å².